The maximum Gasteiger partial charge on any atom is 0.303 e. The van der Waals surface area contributed by atoms with Crippen LogP contribution in [0.25, 0.3) is 0 Å². The predicted octanol–water partition coefficient (Wildman–Crippen LogP) is -0.115. The van der Waals surface area contributed by atoms with Crippen molar-refractivity contribution in [3.05, 3.63) is 0 Å². The summed E-state index contributed by atoms with van der Waals surface area (Å²) in [6.45, 7) is 0.832. The van der Waals surface area contributed by atoms with E-state index in [1.165, 1.54) is 4.31 Å². The van der Waals surface area contributed by atoms with E-state index in [4.69, 9.17) is 10.2 Å². The van der Waals surface area contributed by atoms with E-state index in [9.17, 15) is 13.2 Å². The Kier molecular flexibility index (Phi) is 5.35. The highest BCUT2D eigenvalue weighted by Crippen LogP contribution is 2.19. The van der Waals surface area contributed by atoms with E-state index in [0.29, 0.717) is 13.1 Å². The molecule has 100 valence electrons. The number of carbonyl (C=O) groups is 1. The van der Waals surface area contributed by atoms with Gasteiger partial charge in [0.1, 0.15) is 0 Å². The van der Waals surface area contributed by atoms with Crippen LogP contribution in [0.15, 0.2) is 0 Å². The molecule has 1 unspecified atom stereocenters. The van der Waals surface area contributed by atoms with Gasteiger partial charge in [-0.1, -0.05) is 0 Å². The smallest absolute Gasteiger partial charge is 0.303 e. The van der Waals surface area contributed by atoms with Gasteiger partial charge in [-0.15, -0.1) is 0 Å². The van der Waals surface area contributed by atoms with Crippen molar-refractivity contribution < 1.29 is 23.4 Å². The minimum atomic E-state index is -3.36. The quantitative estimate of drug-likeness (QED) is 0.698. The van der Waals surface area contributed by atoms with Crippen LogP contribution in [0.1, 0.15) is 25.7 Å². The Morgan fingerprint density at radius 2 is 2.12 bits per heavy atom. The van der Waals surface area contributed by atoms with E-state index in [2.05, 4.69) is 0 Å². The Balaban J connectivity index is 2.48. The fourth-order valence-corrected chi connectivity index (χ4v) is 3.58. The Bertz CT molecular complexity index is 354. The lowest BCUT2D eigenvalue weighted by Crippen LogP contribution is -2.42. The summed E-state index contributed by atoms with van der Waals surface area (Å²) in [6, 6.07) is 0. The lowest BCUT2D eigenvalue weighted by molar-refractivity contribution is -0.137. The molecule has 1 rings (SSSR count). The van der Waals surface area contributed by atoms with Gasteiger partial charge in [0, 0.05) is 26.1 Å². The summed E-state index contributed by atoms with van der Waals surface area (Å²) in [5.41, 5.74) is 0. The Labute approximate surface area is 101 Å². The summed E-state index contributed by atoms with van der Waals surface area (Å²) in [7, 11) is -3.36. The second kappa shape index (κ2) is 6.32. The number of piperidine rings is 1. The van der Waals surface area contributed by atoms with Gasteiger partial charge in [-0.05, 0) is 25.2 Å². The normalized spacial score (nSPS) is 22.5. The van der Waals surface area contributed by atoms with Gasteiger partial charge in [-0.3, -0.25) is 4.79 Å². The van der Waals surface area contributed by atoms with Gasteiger partial charge < -0.3 is 10.2 Å². The molecule has 1 heterocycles. The lowest BCUT2D eigenvalue weighted by atomic mass is 10.0. The highest BCUT2D eigenvalue weighted by Gasteiger charge is 2.28. The molecule has 0 spiro atoms. The first kappa shape index (κ1) is 14.4. The zero-order valence-corrected chi connectivity index (χ0v) is 10.5. The molecule has 17 heavy (non-hydrogen) atoms. The molecule has 0 bridgehead atoms. The van der Waals surface area contributed by atoms with E-state index in [-0.39, 0.29) is 31.1 Å². The third-order valence-corrected chi connectivity index (χ3v) is 4.85. The molecule has 1 aliphatic rings. The van der Waals surface area contributed by atoms with E-state index >= 15 is 0 Å². The minimum absolute atomic E-state index is 0.00114. The van der Waals surface area contributed by atoms with E-state index < -0.39 is 16.0 Å². The van der Waals surface area contributed by atoms with Crippen LogP contribution in [0.5, 0.6) is 0 Å². The van der Waals surface area contributed by atoms with Crippen LogP contribution in [-0.2, 0) is 14.8 Å². The van der Waals surface area contributed by atoms with Crippen molar-refractivity contribution in [3.8, 4) is 0 Å². The van der Waals surface area contributed by atoms with Crippen molar-refractivity contribution in [1.82, 2.24) is 4.31 Å². The fourth-order valence-electron chi connectivity index (χ4n) is 1.96. The summed E-state index contributed by atoms with van der Waals surface area (Å²) in [5, 5.41) is 17.5. The maximum atomic E-state index is 11.9. The number of carboxylic acids is 1. The minimum Gasteiger partial charge on any atom is -0.481 e. The van der Waals surface area contributed by atoms with E-state index in [1.807, 2.05) is 0 Å². The molecule has 0 amide bonds. The van der Waals surface area contributed by atoms with Crippen molar-refractivity contribution in [1.29, 1.82) is 0 Å². The molecule has 1 fully saturated rings. The molecule has 0 aromatic heterocycles. The Morgan fingerprint density at radius 3 is 2.71 bits per heavy atom. The van der Waals surface area contributed by atoms with Gasteiger partial charge in [-0.25, -0.2) is 12.7 Å². The first-order valence-corrected chi connectivity index (χ1v) is 7.37. The van der Waals surface area contributed by atoms with Gasteiger partial charge in [0.2, 0.25) is 10.0 Å². The van der Waals surface area contributed by atoms with Crippen molar-refractivity contribution in [2.24, 2.45) is 5.92 Å². The van der Waals surface area contributed by atoms with Crippen LogP contribution in [0.3, 0.4) is 0 Å². The van der Waals surface area contributed by atoms with Crippen LogP contribution in [-0.4, -0.2) is 54.4 Å². The highest BCUT2D eigenvalue weighted by atomic mass is 32.2. The van der Waals surface area contributed by atoms with Crippen molar-refractivity contribution in [3.63, 3.8) is 0 Å². The molecule has 0 saturated carbocycles. The molecule has 1 atom stereocenters. The van der Waals surface area contributed by atoms with Crippen molar-refractivity contribution in [2.75, 3.05) is 25.4 Å². The third-order valence-electron chi connectivity index (χ3n) is 2.93. The highest BCUT2D eigenvalue weighted by molar-refractivity contribution is 7.89. The van der Waals surface area contributed by atoms with Gasteiger partial charge in [0.25, 0.3) is 0 Å². The average Bonchev–Trinajstić information content (AvgIpc) is 2.28. The number of carboxylic acid groups (broad SMARTS) is 1. The van der Waals surface area contributed by atoms with Crippen LogP contribution in [0.4, 0.5) is 0 Å². The predicted molar refractivity (Wildman–Crippen MR) is 62.0 cm³/mol. The van der Waals surface area contributed by atoms with Gasteiger partial charge in [0.05, 0.1) is 5.75 Å². The van der Waals surface area contributed by atoms with Crippen molar-refractivity contribution in [2.45, 2.75) is 25.7 Å². The first-order valence-electron chi connectivity index (χ1n) is 5.76. The molecule has 7 heteroatoms. The number of hydrogen-bond donors (Lipinski definition) is 2. The third kappa shape index (κ3) is 4.61. The Hall–Kier alpha value is -0.660. The standard InChI is InChI=1S/C10H19NO5S/c12-8-9-3-1-5-11(7-9)17(15,16)6-2-4-10(13)14/h9,12H,1-8H2,(H,13,14). The first-order chi connectivity index (χ1) is 7.95. The molecular weight excluding hydrogens is 246 g/mol. The molecule has 2 N–H and O–H groups in total. The maximum absolute atomic E-state index is 11.9. The van der Waals surface area contributed by atoms with Gasteiger partial charge in [0.15, 0.2) is 0 Å². The fraction of sp³-hybridized carbons (Fsp3) is 0.900. The number of aliphatic carboxylic acids is 1. The number of aliphatic hydroxyl groups is 1. The molecule has 1 saturated heterocycles. The number of hydrogen-bond acceptors (Lipinski definition) is 4. The molecule has 0 aliphatic carbocycles. The lowest BCUT2D eigenvalue weighted by Gasteiger charge is -2.30. The summed E-state index contributed by atoms with van der Waals surface area (Å²) in [4.78, 5) is 10.3. The molecule has 0 radical (unpaired) electrons. The van der Waals surface area contributed by atoms with E-state index in [1.54, 1.807) is 0 Å². The number of sulfonamides is 1. The number of rotatable bonds is 6. The summed E-state index contributed by atoms with van der Waals surface area (Å²) >= 11 is 0. The molecule has 0 aromatic carbocycles. The topological polar surface area (TPSA) is 94.9 Å². The molecule has 1 aliphatic heterocycles. The molecule has 6 nitrogen and oxygen atoms in total. The van der Waals surface area contributed by atoms with Crippen LogP contribution < -0.4 is 0 Å². The summed E-state index contributed by atoms with van der Waals surface area (Å²) in [6.07, 6.45) is 1.61. The average molecular weight is 265 g/mol. The second-order valence-electron chi connectivity index (χ2n) is 4.36. The second-order valence-corrected chi connectivity index (χ2v) is 6.45. The SMILES string of the molecule is O=C(O)CCCS(=O)(=O)N1CCCC(CO)C1. The zero-order chi connectivity index (χ0) is 12.9. The van der Waals surface area contributed by atoms with Crippen molar-refractivity contribution >= 4 is 16.0 Å². The van der Waals surface area contributed by atoms with Crippen LogP contribution in [0.2, 0.25) is 0 Å². The Morgan fingerprint density at radius 1 is 1.41 bits per heavy atom. The largest absolute Gasteiger partial charge is 0.481 e. The number of nitrogens with zero attached hydrogens (tertiary/aromatic N) is 1. The molecule has 0 aromatic rings. The monoisotopic (exact) mass is 265 g/mol. The van der Waals surface area contributed by atoms with Gasteiger partial charge in [-0.2, -0.15) is 0 Å². The van der Waals surface area contributed by atoms with Crippen LogP contribution >= 0.6 is 0 Å². The number of aliphatic hydroxyl groups excluding tert-OH is 1. The van der Waals surface area contributed by atoms with E-state index in [0.717, 1.165) is 12.8 Å². The summed E-state index contributed by atoms with van der Waals surface area (Å²) in [5.74, 6) is -1.10. The van der Waals surface area contributed by atoms with Crippen LogP contribution in [0, 0.1) is 5.92 Å². The summed E-state index contributed by atoms with van der Waals surface area (Å²) < 4.78 is 25.1. The van der Waals surface area contributed by atoms with Gasteiger partial charge >= 0.3 is 5.97 Å². The molecular formula is C10H19NO5S. The zero-order valence-electron chi connectivity index (χ0n) is 9.71.